The molecule has 1 heterocycles. The Labute approximate surface area is 174 Å². The average Bonchev–Trinajstić information content (AvgIpc) is 3.09. The number of rotatable bonds is 8. The molecule has 0 spiro atoms. The second-order valence-corrected chi connectivity index (χ2v) is 7.71. The van der Waals surface area contributed by atoms with Crippen LogP contribution in [0, 0.1) is 0 Å². The van der Waals surface area contributed by atoms with Crippen LogP contribution in [0.1, 0.15) is 40.6 Å². The fraction of sp³-hybridized carbons (Fsp3) is 0.429. The molecule has 1 aromatic carbocycles. The Balaban J connectivity index is 1.70. The summed E-state index contributed by atoms with van der Waals surface area (Å²) in [6.07, 6.45) is 3.93. The Bertz CT molecular complexity index is 893. The summed E-state index contributed by atoms with van der Waals surface area (Å²) >= 11 is 1.48. The minimum absolute atomic E-state index is 0.0559. The number of aryl methyl sites for hydroxylation is 1. The number of thiophene rings is 1. The summed E-state index contributed by atoms with van der Waals surface area (Å²) in [4.78, 5) is 26.2. The fourth-order valence-electron chi connectivity index (χ4n) is 3.37. The zero-order valence-corrected chi connectivity index (χ0v) is 17.7. The van der Waals surface area contributed by atoms with Crippen molar-refractivity contribution in [3.05, 3.63) is 34.2 Å². The molecule has 0 aliphatic heterocycles. The highest BCUT2D eigenvalue weighted by Gasteiger charge is 2.27. The van der Waals surface area contributed by atoms with Crippen molar-refractivity contribution in [2.24, 2.45) is 0 Å². The summed E-state index contributed by atoms with van der Waals surface area (Å²) < 4.78 is 15.7. The van der Waals surface area contributed by atoms with Gasteiger partial charge in [-0.25, -0.2) is 4.79 Å². The number of carbonyl (C=O) groups excluding carboxylic acids is 2. The van der Waals surface area contributed by atoms with Gasteiger partial charge in [-0.1, -0.05) is 0 Å². The first-order valence-corrected chi connectivity index (χ1v) is 10.5. The van der Waals surface area contributed by atoms with Crippen molar-refractivity contribution in [3.63, 3.8) is 0 Å². The van der Waals surface area contributed by atoms with Crippen LogP contribution in [0.15, 0.2) is 18.2 Å². The first-order chi connectivity index (χ1) is 14.1. The third-order valence-electron chi connectivity index (χ3n) is 4.74. The van der Waals surface area contributed by atoms with Gasteiger partial charge in [-0.05, 0) is 50.3 Å². The Morgan fingerprint density at radius 3 is 2.59 bits per heavy atom. The molecule has 0 atom stereocenters. The number of nitrogens with one attached hydrogen (secondary N) is 2. The molecule has 0 saturated carbocycles. The maximum absolute atomic E-state index is 12.5. The Morgan fingerprint density at radius 1 is 1.10 bits per heavy atom. The number of hydrogen-bond donors (Lipinski definition) is 2. The van der Waals surface area contributed by atoms with E-state index in [-0.39, 0.29) is 18.4 Å². The van der Waals surface area contributed by atoms with Crippen molar-refractivity contribution in [2.75, 3.05) is 38.0 Å². The van der Waals surface area contributed by atoms with Crippen LogP contribution in [0.4, 0.5) is 10.7 Å². The molecule has 0 radical (unpaired) electrons. The van der Waals surface area contributed by atoms with E-state index in [1.807, 2.05) is 6.07 Å². The normalized spacial score (nSPS) is 12.7. The van der Waals surface area contributed by atoms with E-state index in [1.165, 1.54) is 16.2 Å². The van der Waals surface area contributed by atoms with Gasteiger partial charge in [0.05, 0.1) is 32.9 Å². The van der Waals surface area contributed by atoms with Crippen molar-refractivity contribution in [1.29, 1.82) is 0 Å². The van der Waals surface area contributed by atoms with Crippen LogP contribution in [0.5, 0.6) is 11.5 Å². The minimum Gasteiger partial charge on any atom is -0.493 e. The average molecular weight is 419 g/mol. The molecule has 1 aromatic heterocycles. The van der Waals surface area contributed by atoms with Crippen LogP contribution in [-0.2, 0) is 22.4 Å². The van der Waals surface area contributed by atoms with E-state index in [1.54, 1.807) is 33.3 Å². The molecule has 3 rings (SSSR count). The second-order valence-electron chi connectivity index (χ2n) is 6.61. The number of carbonyl (C=O) groups is 2. The molecule has 2 aromatic rings. The van der Waals surface area contributed by atoms with Gasteiger partial charge >= 0.3 is 5.97 Å². The Morgan fingerprint density at radius 2 is 1.86 bits per heavy atom. The maximum Gasteiger partial charge on any atom is 0.341 e. The summed E-state index contributed by atoms with van der Waals surface area (Å²) in [5, 5.41) is 6.53. The molecule has 0 bridgehead atoms. The predicted octanol–water partition coefficient (Wildman–Crippen LogP) is 3.87. The number of hydrogen-bond acceptors (Lipinski definition) is 7. The number of benzene rings is 1. The number of ether oxygens (including phenoxy) is 3. The largest absolute Gasteiger partial charge is 0.493 e. The molecule has 1 aliphatic carbocycles. The number of esters is 1. The summed E-state index contributed by atoms with van der Waals surface area (Å²) in [5.41, 5.74) is 2.28. The van der Waals surface area contributed by atoms with Gasteiger partial charge in [0.2, 0.25) is 5.91 Å². The quantitative estimate of drug-likeness (QED) is 0.633. The lowest BCUT2D eigenvalue weighted by molar-refractivity contribution is -0.114. The van der Waals surface area contributed by atoms with Crippen molar-refractivity contribution in [2.45, 2.75) is 32.6 Å². The lowest BCUT2D eigenvalue weighted by atomic mass is 9.95. The molecule has 156 valence electrons. The highest BCUT2D eigenvalue weighted by atomic mass is 32.1. The smallest absolute Gasteiger partial charge is 0.341 e. The monoisotopic (exact) mass is 418 g/mol. The third kappa shape index (κ3) is 4.82. The van der Waals surface area contributed by atoms with Gasteiger partial charge < -0.3 is 24.8 Å². The standard InChI is InChI=1S/C21H26N2O5S/c1-4-28-21(25)19-14-7-5-6-8-17(14)29-20(19)23-18(24)12-22-13-9-10-15(26-2)16(11-13)27-3/h9-11,22H,4-8,12H2,1-3H3,(H,23,24). The zero-order chi connectivity index (χ0) is 20.8. The third-order valence-corrected chi connectivity index (χ3v) is 5.95. The molecule has 0 saturated heterocycles. The lowest BCUT2D eigenvalue weighted by Gasteiger charge is -2.13. The van der Waals surface area contributed by atoms with Crippen LogP contribution in [0.3, 0.4) is 0 Å². The van der Waals surface area contributed by atoms with E-state index in [2.05, 4.69) is 10.6 Å². The molecular weight excluding hydrogens is 392 g/mol. The van der Waals surface area contributed by atoms with E-state index >= 15 is 0 Å². The van der Waals surface area contributed by atoms with Crippen LogP contribution in [0.2, 0.25) is 0 Å². The predicted molar refractivity (Wildman–Crippen MR) is 114 cm³/mol. The topological polar surface area (TPSA) is 85.9 Å². The van der Waals surface area contributed by atoms with Crippen molar-refractivity contribution in [3.8, 4) is 11.5 Å². The van der Waals surface area contributed by atoms with Crippen molar-refractivity contribution in [1.82, 2.24) is 0 Å². The van der Waals surface area contributed by atoms with Crippen molar-refractivity contribution < 1.29 is 23.8 Å². The van der Waals surface area contributed by atoms with Gasteiger partial charge in [0.25, 0.3) is 0 Å². The molecule has 8 heteroatoms. The molecule has 1 amide bonds. The van der Waals surface area contributed by atoms with Gasteiger partial charge in [-0.15, -0.1) is 11.3 Å². The summed E-state index contributed by atoms with van der Waals surface area (Å²) in [7, 11) is 3.13. The zero-order valence-electron chi connectivity index (χ0n) is 16.9. The summed E-state index contributed by atoms with van der Waals surface area (Å²) in [6, 6.07) is 5.34. The van der Waals surface area contributed by atoms with Gasteiger partial charge in [0.15, 0.2) is 11.5 Å². The first kappa shape index (κ1) is 21.0. The highest BCUT2D eigenvalue weighted by molar-refractivity contribution is 7.17. The molecule has 0 unspecified atom stereocenters. The minimum atomic E-state index is -0.366. The van der Waals surface area contributed by atoms with E-state index in [9.17, 15) is 9.59 Å². The first-order valence-electron chi connectivity index (χ1n) is 9.64. The van der Waals surface area contributed by atoms with E-state index in [0.29, 0.717) is 28.7 Å². The maximum atomic E-state index is 12.5. The molecular formula is C21H26N2O5S. The Kier molecular flexibility index (Phi) is 6.98. The Hall–Kier alpha value is -2.74. The highest BCUT2D eigenvalue weighted by Crippen LogP contribution is 2.38. The van der Waals surface area contributed by atoms with Crippen LogP contribution in [0.25, 0.3) is 0 Å². The SMILES string of the molecule is CCOC(=O)c1c(NC(=O)CNc2ccc(OC)c(OC)c2)sc2c1CCCC2. The van der Waals surface area contributed by atoms with Gasteiger partial charge in [-0.2, -0.15) is 0 Å². The lowest BCUT2D eigenvalue weighted by Crippen LogP contribution is -2.22. The van der Waals surface area contributed by atoms with Crippen LogP contribution in [-0.4, -0.2) is 39.2 Å². The van der Waals surface area contributed by atoms with E-state index in [4.69, 9.17) is 14.2 Å². The van der Waals surface area contributed by atoms with E-state index in [0.717, 1.165) is 36.9 Å². The second kappa shape index (κ2) is 9.65. The van der Waals surface area contributed by atoms with Gasteiger partial charge in [-0.3, -0.25) is 4.79 Å². The van der Waals surface area contributed by atoms with Crippen LogP contribution >= 0.6 is 11.3 Å². The summed E-state index contributed by atoms with van der Waals surface area (Å²) in [5.74, 6) is 0.596. The van der Waals surface area contributed by atoms with Crippen molar-refractivity contribution >= 4 is 33.9 Å². The fourth-order valence-corrected chi connectivity index (χ4v) is 4.67. The van der Waals surface area contributed by atoms with Gasteiger partial charge in [0, 0.05) is 16.6 Å². The van der Waals surface area contributed by atoms with Gasteiger partial charge in [0.1, 0.15) is 5.00 Å². The molecule has 7 nitrogen and oxygen atoms in total. The molecule has 29 heavy (non-hydrogen) atoms. The number of fused-ring (bicyclic) bond motifs is 1. The number of amides is 1. The number of methoxy groups -OCH3 is 2. The van der Waals surface area contributed by atoms with Crippen LogP contribution < -0.4 is 20.1 Å². The molecule has 2 N–H and O–H groups in total. The number of anilines is 2. The summed E-state index contributed by atoms with van der Waals surface area (Å²) in [6.45, 7) is 2.14. The molecule has 0 fully saturated rings. The van der Waals surface area contributed by atoms with E-state index < -0.39 is 0 Å². The molecule has 1 aliphatic rings.